The second kappa shape index (κ2) is 6.04. The van der Waals surface area contributed by atoms with Crippen molar-refractivity contribution < 1.29 is 14.4 Å². The van der Waals surface area contributed by atoms with Crippen LogP contribution in [0.5, 0.6) is 0 Å². The smallest absolute Gasteiger partial charge is 0.305 e. The average Bonchev–Trinajstić information content (AvgIpc) is 2.98. The summed E-state index contributed by atoms with van der Waals surface area (Å²) in [7, 11) is 0. The highest BCUT2D eigenvalue weighted by Gasteiger charge is 2.19. The summed E-state index contributed by atoms with van der Waals surface area (Å²) in [5.41, 5.74) is 1.02. The average molecular weight is 313 g/mol. The van der Waals surface area contributed by atoms with Gasteiger partial charge >= 0.3 is 5.97 Å². The number of aliphatic carboxylic acids is 1. The monoisotopic (exact) mass is 313 g/mol. The van der Waals surface area contributed by atoms with Crippen LogP contribution in [-0.4, -0.2) is 25.8 Å². The number of hydrogen-bond acceptors (Lipinski definition) is 5. The zero-order valence-electron chi connectivity index (χ0n) is 12.5. The molecule has 0 amide bonds. The van der Waals surface area contributed by atoms with Crippen molar-refractivity contribution in [3.05, 3.63) is 46.5 Å². The van der Waals surface area contributed by atoms with E-state index in [2.05, 4.69) is 10.1 Å². The molecule has 0 radical (unpaired) electrons. The summed E-state index contributed by atoms with van der Waals surface area (Å²) in [5, 5.41) is 13.1. The minimum atomic E-state index is -0.965. The number of carboxylic acids is 1. The van der Waals surface area contributed by atoms with E-state index >= 15 is 0 Å². The first kappa shape index (κ1) is 15.0. The van der Waals surface area contributed by atoms with Gasteiger partial charge in [0.1, 0.15) is 16.9 Å². The molecule has 2 aromatic heterocycles. The molecule has 0 unspecified atom stereocenters. The first-order valence-electron chi connectivity index (χ1n) is 7.28. The third-order valence-corrected chi connectivity index (χ3v) is 3.59. The topological polar surface area (TPSA) is 98.2 Å². The van der Waals surface area contributed by atoms with Gasteiger partial charge in [0.05, 0.1) is 6.42 Å². The van der Waals surface area contributed by atoms with Crippen LogP contribution in [0.4, 0.5) is 0 Å². The number of rotatable bonds is 5. The second-order valence-corrected chi connectivity index (χ2v) is 5.06. The fraction of sp³-hybridized carbons (Fsp3) is 0.250. The van der Waals surface area contributed by atoms with E-state index in [1.165, 1.54) is 4.57 Å². The van der Waals surface area contributed by atoms with E-state index in [1.807, 2.05) is 37.3 Å². The fourth-order valence-corrected chi connectivity index (χ4v) is 2.48. The lowest BCUT2D eigenvalue weighted by Gasteiger charge is -2.09. The highest BCUT2D eigenvalue weighted by atomic mass is 16.5. The van der Waals surface area contributed by atoms with Gasteiger partial charge in [-0.2, -0.15) is 4.98 Å². The quantitative estimate of drug-likeness (QED) is 0.774. The molecule has 0 spiro atoms. The van der Waals surface area contributed by atoms with Gasteiger partial charge < -0.3 is 9.63 Å². The molecular weight excluding hydrogens is 298 g/mol. The van der Waals surface area contributed by atoms with Gasteiger partial charge in [0.15, 0.2) is 0 Å². The van der Waals surface area contributed by atoms with Crippen LogP contribution < -0.4 is 5.56 Å². The Kier molecular flexibility index (Phi) is 3.92. The number of nitrogens with zero attached hydrogens (tertiary/aromatic N) is 3. The number of benzene rings is 1. The molecule has 0 aliphatic rings. The summed E-state index contributed by atoms with van der Waals surface area (Å²) in [6.07, 6.45) is 0.345. The normalized spacial score (nSPS) is 11.0. The zero-order valence-corrected chi connectivity index (χ0v) is 12.5. The van der Waals surface area contributed by atoms with Crippen molar-refractivity contribution >= 4 is 17.1 Å². The molecule has 3 rings (SSSR count). The molecule has 0 atom stereocenters. The second-order valence-electron chi connectivity index (χ2n) is 5.06. The molecule has 0 saturated heterocycles. The van der Waals surface area contributed by atoms with Crippen LogP contribution in [0.15, 0.2) is 39.6 Å². The molecule has 3 aromatic rings. The van der Waals surface area contributed by atoms with Crippen molar-refractivity contribution in [2.75, 3.05) is 0 Å². The Hall–Kier alpha value is -2.96. The third kappa shape index (κ3) is 2.73. The van der Waals surface area contributed by atoms with Crippen molar-refractivity contribution in [2.24, 2.45) is 0 Å². The summed E-state index contributed by atoms with van der Waals surface area (Å²) in [5.74, 6) is -0.479. The minimum Gasteiger partial charge on any atom is -0.481 e. The lowest BCUT2D eigenvalue weighted by molar-refractivity contribution is -0.137. The summed E-state index contributed by atoms with van der Waals surface area (Å²) in [6, 6.07) is 9.20. The van der Waals surface area contributed by atoms with Gasteiger partial charge in [0.25, 0.3) is 11.3 Å². The van der Waals surface area contributed by atoms with Crippen LogP contribution >= 0.6 is 0 Å². The lowest BCUT2D eigenvalue weighted by Crippen LogP contribution is -2.26. The van der Waals surface area contributed by atoms with E-state index in [0.29, 0.717) is 17.9 Å². The summed E-state index contributed by atoms with van der Waals surface area (Å²) in [6.45, 7) is 1.92. The van der Waals surface area contributed by atoms with Crippen molar-refractivity contribution in [3.63, 3.8) is 0 Å². The van der Waals surface area contributed by atoms with Gasteiger partial charge in [-0.3, -0.25) is 14.2 Å². The van der Waals surface area contributed by atoms with E-state index in [0.717, 1.165) is 5.56 Å². The Morgan fingerprint density at radius 3 is 2.70 bits per heavy atom. The number of carbonyl (C=O) groups is 1. The maximum atomic E-state index is 12.8. The minimum absolute atomic E-state index is 0.0691. The van der Waals surface area contributed by atoms with Crippen LogP contribution in [0, 0.1) is 0 Å². The van der Waals surface area contributed by atoms with Crippen LogP contribution in [-0.2, 0) is 17.8 Å². The molecule has 7 nitrogen and oxygen atoms in total. The molecule has 0 bridgehead atoms. The van der Waals surface area contributed by atoms with Crippen LogP contribution in [0.3, 0.4) is 0 Å². The molecule has 2 heterocycles. The van der Waals surface area contributed by atoms with Crippen LogP contribution in [0.1, 0.15) is 19.2 Å². The van der Waals surface area contributed by atoms with E-state index in [1.54, 1.807) is 0 Å². The number of carboxylic acid groups (broad SMARTS) is 1. The molecule has 7 heteroatoms. The van der Waals surface area contributed by atoms with E-state index in [4.69, 9.17) is 9.63 Å². The summed E-state index contributed by atoms with van der Waals surface area (Å²) in [4.78, 5) is 27.9. The molecule has 0 aliphatic carbocycles. The van der Waals surface area contributed by atoms with Crippen molar-refractivity contribution in [2.45, 2.75) is 26.3 Å². The van der Waals surface area contributed by atoms with Gasteiger partial charge in [-0.05, 0) is 0 Å². The van der Waals surface area contributed by atoms with Crippen molar-refractivity contribution in [3.8, 4) is 11.3 Å². The maximum Gasteiger partial charge on any atom is 0.305 e. The molecule has 118 valence electrons. The maximum absolute atomic E-state index is 12.8. The Morgan fingerprint density at radius 2 is 2.04 bits per heavy atom. The highest BCUT2D eigenvalue weighted by molar-refractivity contribution is 5.88. The first-order chi connectivity index (χ1) is 11.1. The van der Waals surface area contributed by atoms with Crippen LogP contribution in [0.2, 0.25) is 0 Å². The summed E-state index contributed by atoms with van der Waals surface area (Å²) >= 11 is 0. The van der Waals surface area contributed by atoms with Crippen molar-refractivity contribution in [1.82, 2.24) is 14.7 Å². The van der Waals surface area contributed by atoms with Crippen LogP contribution in [0.25, 0.3) is 22.4 Å². The molecular formula is C16H15N3O4. The predicted molar refractivity (Wildman–Crippen MR) is 83.1 cm³/mol. The molecule has 0 saturated carbocycles. The molecule has 1 N–H and O–H groups in total. The highest BCUT2D eigenvalue weighted by Crippen LogP contribution is 2.24. The van der Waals surface area contributed by atoms with Gasteiger partial charge in [-0.25, -0.2) is 0 Å². The summed E-state index contributed by atoms with van der Waals surface area (Å²) < 4.78 is 6.61. The van der Waals surface area contributed by atoms with E-state index in [9.17, 15) is 9.59 Å². The standard InChI is InChI=1S/C16H15N3O4/c1-2-11-17-15-13(16(22)19(11)9-8-12(20)21)14(18-23-15)10-6-4-3-5-7-10/h3-7H,2,8-9H2,1H3,(H,20,21). The molecule has 0 fully saturated rings. The SMILES string of the molecule is CCc1nc2onc(-c3ccccc3)c2c(=O)n1CCC(=O)O. The Bertz CT molecular complexity index is 912. The number of aromatic nitrogens is 3. The van der Waals surface area contributed by atoms with Gasteiger partial charge in [0.2, 0.25) is 0 Å². The lowest BCUT2D eigenvalue weighted by atomic mass is 10.1. The molecule has 23 heavy (non-hydrogen) atoms. The van der Waals surface area contributed by atoms with Gasteiger partial charge in [-0.15, -0.1) is 0 Å². The number of aryl methyl sites for hydroxylation is 1. The molecule has 1 aromatic carbocycles. The van der Waals surface area contributed by atoms with E-state index < -0.39 is 5.97 Å². The zero-order chi connectivity index (χ0) is 16.4. The Balaban J connectivity index is 2.22. The third-order valence-electron chi connectivity index (χ3n) is 3.59. The largest absolute Gasteiger partial charge is 0.481 e. The van der Waals surface area contributed by atoms with Gasteiger partial charge in [-0.1, -0.05) is 42.4 Å². The van der Waals surface area contributed by atoms with Gasteiger partial charge in [0, 0.05) is 18.5 Å². The number of fused-ring (bicyclic) bond motifs is 1. The number of hydrogen-bond donors (Lipinski definition) is 1. The Labute approximate surface area is 131 Å². The van der Waals surface area contributed by atoms with E-state index in [-0.39, 0.29) is 29.6 Å². The fourth-order valence-electron chi connectivity index (χ4n) is 2.48. The predicted octanol–water partition coefficient (Wildman–Crippen LogP) is 2.09. The first-order valence-corrected chi connectivity index (χ1v) is 7.28. The van der Waals surface area contributed by atoms with Crippen molar-refractivity contribution in [1.29, 1.82) is 0 Å². The Morgan fingerprint density at radius 1 is 1.30 bits per heavy atom. The molecule has 0 aliphatic heterocycles.